The smallest absolute Gasteiger partial charge is 0.224 e. The largest absolute Gasteiger partial charge is 0.349 e. The molecule has 116 valence electrons. The average Bonchev–Trinajstić information content (AvgIpc) is 3.21. The SMILES string of the molecule is Cc1c([C@H](C)NC(=O)[C@H]2C[C@H]2c2cccc(Br)c2)cnn1C. The van der Waals surface area contributed by atoms with Crippen molar-refractivity contribution in [2.24, 2.45) is 13.0 Å². The van der Waals surface area contributed by atoms with Crippen molar-refractivity contribution < 1.29 is 4.79 Å². The summed E-state index contributed by atoms with van der Waals surface area (Å²) in [5.41, 5.74) is 3.40. The van der Waals surface area contributed by atoms with Crippen LogP contribution in [0.25, 0.3) is 0 Å². The summed E-state index contributed by atoms with van der Waals surface area (Å²) >= 11 is 3.49. The van der Waals surface area contributed by atoms with Gasteiger partial charge in [0.2, 0.25) is 5.91 Å². The fourth-order valence-corrected chi connectivity index (χ4v) is 3.35. The zero-order chi connectivity index (χ0) is 15.9. The third-order valence-electron chi connectivity index (χ3n) is 4.50. The van der Waals surface area contributed by atoms with Crippen LogP contribution >= 0.6 is 15.9 Å². The van der Waals surface area contributed by atoms with Crippen LogP contribution in [-0.2, 0) is 11.8 Å². The van der Waals surface area contributed by atoms with Crippen molar-refractivity contribution in [1.29, 1.82) is 0 Å². The summed E-state index contributed by atoms with van der Waals surface area (Å²) < 4.78 is 2.90. The van der Waals surface area contributed by atoms with Gasteiger partial charge in [-0.05, 0) is 43.9 Å². The van der Waals surface area contributed by atoms with E-state index in [-0.39, 0.29) is 17.9 Å². The molecule has 1 aliphatic carbocycles. The Bertz CT molecular complexity index is 710. The van der Waals surface area contributed by atoms with Crippen LogP contribution < -0.4 is 5.32 Å². The second kappa shape index (κ2) is 5.88. The van der Waals surface area contributed by atoms with Crippen LogP contribution in [0.4, 0.5) is 0 Å². The van der Waals surface area contributed by atoms with E-state index in [1.807, 2.05) is 43.9 Å². The predicted molar refractivity (Wildman–Crippen MR) is 89.5 cm³/mol. The van der Waals surface area contributed by atoms with Gasteiger partial charge in [-0.25, -0.2) is 0 Å². The minimum absolute atomic E-state index is 0.00930. The van der Waals surface area contributed by atoms with Gasteiger partial charge in [0.25, 0.3) is 0 Å². The fraction of sp³-hybridized carbons (Fsp3) is 0.412. The number of nitrogens with zero attached hydrogens (tertiary/aromatic N) is 2. The van der Waals surface area contributed by atoms with Crippen molar-refractivity contribution in [3.8, 4) is 0 Å². The summed E-state index contributed by atoms with van der Waals surface area (Å²) in [6.07, 6.45) is 2.76. The van der Waals surface area contributed by atoms with Crippen molar-refractivity contribution in [3.63, 3.8) is 0 Å². The maximum atomic E-state index is 12.4. The number of carbonyl (C=O) groups excluding carboxylic acids is 1. The molecule has 1 aromatic carbocycles. The van der Waals surface area contributed by atoms with Gasteiger partial charge in [0.1, 0.15) is 0 Å². The molecule has 3 rings (SSSR count). The summed E-state index contributed by atoms with van der Waals surface area (Å²) in [6.45, 7) is 4.03. The first-order valence-electron chi connectivity index (χ1n) is 7.51. The van der Waals surface area contributed by atoms with E-state index in [2.05, 4.69) is 38.5 Å². The number of halogens is 1. The van der Waals surface area contributed by atoms with Gasteiger partial charge in [0.05, 0.1) is 12.2 Å². The molecule has 1 N–H and O–H groups in total. The summed E-state index contributed by atoms with van der Waals surface area (Å²) in [4.78, 5) is 12.4. The highest BCUT2D eigenvalue weighted by Gasteiger charge is 2.44. The minimum atomic E-state index is -0.00930. The lowest BCUT2D eigenvalue weighted by Gasteiger charge is -2.14. The molecule has 4 nitrogen and oxygen atoms in total. The monoisotopic (exact) mass is 361 g/mol. The molecule has 22 heavy (non-hydrogen) atoms. The molecule has 1 saturated carbocycles. The molecule has 0 saturated heterocycles. The fourth-order valence-electron chi connectivity index (χ4n) is 2.93. The third-order valence-corrected chi connectivity index (χ3v) is 5.00. The molecule has 1 aliphatic rings. The highest BCUT2D eigenvalue weighted by molar-refractivity contribution is 9.10. The number of amides is 1. The van der Waals surface area contributed by atoms with Crippen molar-refractivity contribution in [1.82, 2.24) is 15.1 Å². The Balaban J connectivity index is 1.63. The Labute approximate surface area is 139 Å². The maximum absolute atomic E-state index is 12.4. The van der Waals surface area contributed by atoms with E-state index in [0.29, 0.717) is 5.92 Å². The Kier molecular flexibility index (Phi) is 4.08. The maximum Gasteiger partial charge on any atom is 0.224 e. The topological polar surface area (TPSA) is 46.9 Å². The second-order valence-electron chi connectivity index (χ2n) is 6.04. The van der Waals surface area contributed by atoms with E-state index in [4.69, 9.17) is 0 Å². The van der Waals surface area contributed by atoms with Crippen molar-refractivity contribution >= 4 is 21.8 Å². The molecule has 1 aromatic heterocycles. The lowest BCUT2D eigenvalue weighted by molar-refractivity contribution is -0.123. The number of aromatic nitrogens is 2. The number of hydrogen-bond acceptors (Lipinski definition) is 2. The van der Waals surface area contributed by atoms with Gasteiger partial charge in [0, 0.05) is 28.7 Å². The summed E-state index contributed by atoms with van der Waals surface area (Å²) in [5, 5.41) is 7.36. The van der Waals surface area contributed by atoms with Crippen LogP contribution in [0.15, 0.2) is 34.9 Å². The van der Waals surface area contributed by atoms with E-state index >= 15 is 0 Å². The minimum Gasteiger partial charge on any atom is -0.349 e. The molecule has 0 spiro atoms. The predicted octanol–water partition coefficient (Wildman–Crippen LogP) is 3.47. The molecular weight excluding hydrogens is 342 g/mol. The van der Waals surface area contributed by atoms with Crippen molar-refractivity contribution in [3.05, 3.63) is 51.8 Å². The van der Waals surface area contributed by atoms with Crippen molar-refractivity contribution in [2.75, 3.05) is 0 Å². The molecule has 0 radical (unpaired) electrons. The van der Waals surface area contributed by atoms with Gasteiger partial charge in [-0.15, -0.1) is 0 Å². The van der Waals surface area contributed by atoms with Crippen LogP contribution in [-0.4, -0.2) is 15.7 Å². The first-order chi connectivity index (χ1) is 10.5. The summed E-state index contributed by atoms with van der Waals surface area (Å²) in [7, 11) is 1.91. The number of hydrogen-bond donors (Lipinski definition) is 1. The normalized spacial score (nSPS) is 21.5. The van der Waals surface area contributed by atoms with E-state index in [1.165, 1.54) is 5.56 Å². The third kappa shape index (κ3) is 2.95. The highest BCUT2D eigenvalue weighted by Crippen LogP contribution is 2.48. The van der Waals surface area contributed by atoms with Gasteiger partial charge in [-0.2, -0.15) is 5.10 Å². The first kappa shape index (κ1) is 15.3. The lowest BCUT2D eigenvalue weighted by atomic mass is 10.1. The summed E-state index contributed by atoms with van der Waals surface area (Å²) in [6, 6.07) is 8.22. The molecule has 3 atom stereocenters. The van der Waals surface area contributed by atoms with Gasteiger partial charge in [-0.3, -0.25) is 9.48 Å². The average molecular weight is 362 g/mol. The van der Waals surface area contributed by atoms with Gasteiger partial charge >= 0.3 is 0 Å². The van der Waals surface area contributed by atoms with E-state index in [1.54, 1.807) is 0 Å². The standard InChI is InChI=1S/C17H20BrN3O/c1-10(16-9-19-21(3)11(16)2)20-17(22)15-8-14(15)12-5-4-6-13(18)7-12/h4-7,9-10,14-15H,8H2,1-3H3,(H,20,22)/t10-,14-,15-/m0/s1. The van der Waals surface area contributed by atoms with Gasteiger partial charge in [-0.1, -0.05) is 28.1 Å². The van der Waals surface area contributed by atoms with Gasteiger partial charge < -0.3 is 5.32 Å². The number of rotatable bonds is 4. The molecule has 1 heterocycles. The van der Waals surface area contributed by atoms with E-state index < -0.39 is 0 Å². The van der Waals surface area contributed by atoms with E-state index in [0.717, 1.165) is 22.2 Å². The Hall–Kier alpha value is -1.62. The molecule has 0 unspecified atom stereocenters. The quantitative estimate of drug-likeness (QED) is 0.905. The molecule has 1 amide bonds. The van der Waals surface area contributed by atoms with Gasteiger partial charge in [0.15, 0.2) is 0 Å². The number of carbonyl (C=O) groups is 1. The lowest BCUT2D eigenvalue weighted by Crippen LogP contribution is -2.28. The van der Waals surface area contributed by atoms with Crippen LogP contribution in [0.1, 0.15) is 42.1 Å². The molecule has 0 bridgehead atoms. The van der Waals surface area contributed by atoms with E-state index in [9.17, 15) is 4.79 Å². The van der Waals surface area contributed by atoms with Crippen LogP contribution in [0, 0.1) is 12.8 Å². The molecule has 5 heteroatoms. The first-order valence-corrected chi connectivity index (χ1v) is 8.31. The Morgan fingerprint density at radius 2 is 2.27 bits per heavy atom. The van der Waals surface area contributed by atoms with Crippen molar-refractivity contribution in [2.45, 2.75) is 32.2 Å². The number of nitrogens with one attached hydrogen (secondary N) is 1. The van der Waals surface area contributed by atoms with Crippen LogP contribution in [0.5, 0.6) is 0 Å². The number of benzene rings is 1. The Morgan fingerprint density at radius 3 is 2.91 bits per heavy atom. The highest BCUT2D eigenvalue weighted by atomic mass is 79.9. The Morgan fingerprint density at radius 1 is 1.50 bits per heavy atom. The van der Waals surface area contributed by atoms with Crippen LogP contribution in [0.3, 0.4) is 0 Å². The zero-order valence-electron chi connectivity index (χ0n) is 13.0. The molecular formula is C17H20BrN3O. The summed E-state index contributed by atoms with van der Waals surface area (Å²) in [5.74, 6) is 0.578. The molecule has 1 fully saturated rings. The number of aryl methyl sites for hydroxylation is 1. The molecule has 0 aliphatic heterocycles. The zero-order valence-corrected chi connectivity index (χ0v) is 14.6. The molecule has 2 aromatic rings. The second-order valence-corrected chi connectivity index (χ2v) is 6.96. The van der Waals surface area contributed by atoms with Crippen LogP contribution in [0.2, 0.25) is 0 Å².